The van der Waals surface area contributed by atoms with Crippen molar-refractivity contribution in [2.45, 2.75) is 13.2 Å². The highest BCUT2D eigenvalue weighted by molar-refractivity contribution is 5.28. The molecule has 0 aliphatic rings. The van der Waals surface area contributed by atoms with E-state index < -0.39 is 0 Å². The standard InChI is InChI=1S/C12H12FN3O/c13-10-3-1-9(2-4-10)7-15-12-14-6-5-11(8-17)16-12/h1-6,17H,7-8H2,(H,14,15,16). The van der Waals surface area contributed by atoms with Crippen molar-refractivity contribution in [1.82, 2.24) is 9.97 Å². The molecule has 0 amide bonds. The van der Waals surface area contributed by atoms with E-state index in [9.17, 15) is 4.39 Å². The Bertz CT molecular complexity index is 487. The summed E-state index contributed by atoms with van der Waals surface area (Å²) in [4.78, 5) is 8.09. The summed E-state index contributed by atoms with van der Waals surface area (Å²) < 4.78 is 12.7. The molecule has 5 heteroatoms. The number of aliphatic hydroxyl groups excluding tert-OH is 1. The van der Waals surface area contributed by atoms with Crippen LogP contribution in [0.3, 0.4) is 0 Å². The molecule has 1 aromatic heterocycles. The lowest BCUT2D eigenvalue weighted by atomic mass is 10.2. The fraction of sp³-hybridized carbons (Fsp3) is 0.167. The third-order valence-corrected chi connectivity index (χ3v) is 2.24. The van der Waals surface area contributed by atoms with E-state index in [1.807, 2.05) is 0 Å². The molecule has 2 aromatic rings. The van der Waals surface area contributed by atoms with Gasteiger partial charge in [-0.25, -0.2) is 14.4 Å². The van der Waals surface area contributed by atoms with Gasteiger partial charge < -0.3 is 10.4 Å². The lowest BCUT2D eigenvalue weighted by molar-refractivity contribution is 0.277. The van der Waals surface area contributed by atoms with Crippen molar-refractivity contribution in [1.29, 1.82) is 0 Å². The van der Waals surface area contributed by atoms with Crippen LogP contribution in [0.1, 0.15) is 11.3 Å². The van der Waals surface area contributed by atoms with Crippen LogP contribution in [0.15, 0.2) is 36.5 Å². The van der Waals surface area contributed by atoms with E-state index in [-0.39, 0.29) is 12.4 Å². The number of aromatic nitrogens is 2. The van der Waals surface area contributed by atoms with Crippen LogP contribution in [0.4, 0.5) is 10.3 Å². The van der Waals surface area contributed by atoms with Gasteiger partial charge in [0.2, 0.25) is 5.95 Å². The van der Waals surface area contributed by atoms with E-state index in [4.69, 9.17) is 5.11 Å². The highest BCUT2D eigenvalue weighted by Gasteiger charge is 1.98. The number of anilines is 1. The second-order valence-electron chi connectivity index (χ2n) is 3.51. The highest BCUT2D eigenvalue weighted by Crippen LogP contribution is 2.06. The van der Waals surface area contributed by atoms with Gasteiger partial charge in [-0.15, -0.1) is 0 Å². The zero-order chi connectivity index (χ0) is 12.1. The first-order valence-electron chi connectivity index (χ1n) is 5.19. The smallest absolute Gasteiger partial charge is 0.223 e. The molecule has 88 valence electrons. The van der Waals surface area contributed by atoms with E-state index >= 15 is 0 Å². The first-order valence-corrected chi connectivity index (χ1v) is 5.19. The Labute approximate surface area is 98.2 Å². The van der Waals surface area contributed by atoms with Crippen LogP contribution in [-0.2, 0) is 13.2 Å². The van der Waals surface area contributed by atoms with Crippen LogP contribution in [0.5, 0.6) is 0 Å². The number of hydrogen-bond donors (Lipinski definition) is 2. The van der Waals surface area contributed by atoms with Crippen molar-refractivity contribution in [2.24, 2.45) is 0 Å². The van der Waals surface area contributed by atoms with Gasteiger partial charge in [0.05, 0.1) is 12.3 Å². The van der Waals surface area contributed by atoms with E-state index in [0.717, 1.165) is 5.56 Å². The van der Waals surface area contributed by atoms with Crippen molar-refractivity contribution in [3.63, 3.8) is 0 Å². The summed E-state index contributed by atoms with van der Waals surface area (Å²) >= 11 is 0. The van der Waals surface area contributed by atoms with Gasteiger partial charge in [0, 0.05) is 12.7 Å². The van der Waals surface area contributed by atoms with Gasteiger partial charge in [-0.1, -0.05) is 12.1 Å². The van der Waals surface area contributed by atoms with Crippen molar-refractivity contribution < 1.29 is 9.50 Å². The average Bonchev–Trinajstić information content (AvgIpc) is 2.38. The molecule has 0 unspecified atom stereocenters. The Balaban J connectivity index is 1.99. The molecule has 17 heavy (non-hydrogen) atoms. The highest BCUT2D eigenvalue weighted by atomic mass is 19.1. The molecule has 2 rings (SSSR count). The maximum absolute atomic E-state index is 12.7. The van der Waals surface area contributed by atoms with Crippen LogP contribution >= 0.6 is 0 Å². The molecule has 0 saturated heterocycles. The molecule has 0 radical (unpaired) electrons. The molecule has 0 atom stereocenters. The van der Waals surface area contributed by atoms with Crippen LogP contribution in [0, 0.1) is 5.82 Å². The lowest BCUT2D eigenvalue weighted by Crippen LogP contribution is -2.04. The minimum atomic E-state index is -0.257. The molecule has 0 saturated carbocycles. The van der Waals surface area contributed by atoms with E-state index in [1.54, 1.807) is 24.4 Å². The molecule has 0 spiro atoms. The molecule has 4 nitrogen and oxygen atoms in total. The summed E-state index contributed by atoms with van der Waals surface area (Å²) in [5, 5.41) is 11.9. The number of nitrogens with zero attached hydrogens (tertiary/aromatic N) is 2. The fourth-order valence-electron chi connectivity index (χ4n) is 1.35. The van der Waals surface area contributed by atoms with Crippen molar-refractivity contribution in [3.05, 3.63) is 53.6 Å². The van der Waals surface area contributed by atoms with Crippen LogP contribution in [0.25, 0.3) is 0 Å². The Hall–Kier alpha value is -2.01. The number of aliphatic hydroxyl groups is 1. The third kappa shape index (κ3) is 3.22. The summed E-state index contributed by atoms with van der Waals surface area (Å²) in [6.07, 6.45) is 1.57. The second kappa shape index (κ2) is 5.36. The van der Waals surface area contributed by atoms with E-state index in [2.05, 4.69) is 15.3 Å². The molecule has 0 aliphatic carbocycles. The molecule has 1 heterocycles. The van der Waals surface area contributed by atoms with Crippen LogP contribution < -0.4 is 5.32 Å². The number of halogens is 1. The number of hydrogen-bond acceptors (Lipinski definition) is 4. The Morgan fingerprint density at radius 3 is 2.65 bits per heavy atom. The molecule has 0 bridgehead atoms. The maximum Gasteiger partial charge on any atom is 0.223 e. The quantitative estimate of drug-likeness (QED) is 0.844. The van der Waals surface area contributed by atoms with Crippen LogP contribution in [0.2, 0.25) is 0 Å². The Morgan fingerprint density at radius 1 is 1.18 bits per heavy atom. The minimum Gasteiger partial charge on any atom is -0.390 e. The number of benzene rings is 1. The third-order valence-electron chi connectivity index (χ3n) is 2.24. The van der Waals surface area contributed by atoms with Crippen LogP contribution in [-0.4, -0.2) is 15.1 Å². The topological polar surface area (TPSA) is 58.0 Å². The largest absolute Gasteiger partial charge is 0.390 e. The molecule has 0 aliphatic heterocycles. The first kappa shape index (κ1) is 11.5. The van der Waals surface area contributed by atoms with Gasteiger partial charge in [0.15, 0.2) is 0 Å². The zero-order valence-electron chi connectivity index (χ0n) is 9.10. The predicted molar refractivity (Wildman–Crippen MR) is 61.7 cm³/mol. The van der Waals surface area contributed by atoms with E-state index in [1.165, 1.54) is 12.1 Å². The molecular formula is C12H12FN3O. The number of rotatable bonds is 4. The molecule has 1 aromatic carbocycles. The molecular weight excluding hydrogens is 221 g/mol. The Kier molecular flexibility index (Phi) is 3.62. The van der Waals surface area contributed by atoms with Gasteiger partial charge in [0.1, 0.15) is 5.82 Å². The van der Waals surface area contributed by atoms with Gasteiger partial charge in [-0.05, 0) is 23.8 Å². The van der Waals surface area contributed by atoms with Crippen molar-refractivity contribution in [3.8, 4) is 0 Å². The summed E-state index contributed by atoms with van der Waals surface area (Å²) in [5.41, 5.74) is 1.49. The fourth-order valence-corrected chi connectivity index (χ4v) is 1.35. The summed E-state index contributed by atoms with van der Waals surface area (Å²) in [7, 11) is 0. The van der Waals surface area contributed by atoms with Crippen molar-refractivity contribution >= 4 is 5.95 Å². The molecule has 0 fully saturated rings. The van der Waals surface area contributed by atoms with Gasteiger partial charge >= 0.3 is 0 Å². The monoisotopic (exact) mass is 233 g/mol. The zero-order valence-corrected chi connectivity index (χ0v) is 9.10. The molecule has 2 N–H and O–H groups in total. The normalized spacial score (nSPS) is 10.2. The average molecular weight is 233 g/mol. The summed E-state index contributed by atoms with van der Waals surface area (Å²) in [5.74, 6) is 0.188. The maximum atomic E-state index is 12.7. The summed E-state index contributed by atoms with van der Waals surface area (Å²) in [6, 6.07) is 7.84. The minimum absolute atomic E-state index is 0.117. The van der Waals surface area contributed by atoms with E-state index in [0.29, 0.717) is 18.2 Å². The SMILES string of the molecule is OCc1ccnc(NCc2ccc(F)cc2)n1. The van der Waals surface area contributed by atoms with Gasteiger partial charge in [-0.3, -0.25) is 0 Å². The van der Waals surface area contributed by atoms with Crippen molar-refractivity contribution in [2.75, 3.05) is 5.32 Å². The van der Waals surface area contributed by atoms with Gasteiger partial charge in [-0.2, -0.15) is 0 Å². The predicted octanol–water partition coefficient (Wildman–Crippen LogP) is 1.72. The number of nitrogens with one attached hydrogen (secondary N) is 1. The first-order chi connectivity index (χ1) is 8.28. The summed E-state index contributed by atoms with van der Waals surface area (Å²) in [6.45, 7) is 0.392. The van der Waals surface area contributed by atoms with Gasteiger partial charge in [0.25, 0.3) is 0 Å². The second-order valence-corrected chi connectivity index (χ2v) is 3.51. The lowest BCUT2D eigenvalue weighted by Gasteiger charge is -2.05. The Morgan fingerprint density at radius 2 is 1.94 bits per heavy atom.